The van der Waals surface area contributed by atoms with Gasteiger partial charge in [0, 0.05) is 0 Å². The van der Waals surface area contributed by atoms with Crippen LogP contribution >= 0.6 is 0 Å². The van der Waals surface area contributed by atoms with Crippen LogP contribution in [0.1, 0.15) is 18.1 Å². The van der Waals surface area contributed by atoms with Crippen LogP contribution in [0.5, 0.6) is 11.5 Å². The molecular weight excluding hydrogens is 202 g/mol. The average molecular weight is 223 g/mol. The van der Waals surface area contributed by atoms with Gasteiger partial charge in [-0.15, -0.1) is 0 Å². The van der Waals surface area contributed by atoms with Gasteiger partial charge in [-0.25, -0.2) is 0 Å². The van der Waals surface area contributed by atoms with Crippen LogP contribution in [-0.4, -0.2) is 27.3 Å². The molecule has 1 rings (SSSR count). The first-order chi connectivity index (χ1) is 7.72. The number of methoxy groups -OCH3 is 1. The van der Waals surface area contributed by atoms with Crippen molar-refractivity contribution in [3.63, 3.8) is 0 Å². The number of likely N-dealkylation sites (N-methyl/N-ethyl adjacent to an activating group) is 1. The molecule has 3 nitrogen and oxygen atoms in total. The fourth-order valence-electron chi connectivity index (χ4n) is 1.66. The smallest absolute Gasteiger partial charge is 0.122 e. The Bertz CT molecular complexity index is 337. The second-order valence-corrected chi connectivity index (χ2v) is 3.72. The highest BCUT2D eigenvalue weighted by molar-refractivity contribution is 5.46. The third-order valence-electron chi connectivity index (χ3n) is 2.52. The zero-order chi connectivity index (χ0) is 12.0. The zero-order valence-corrected chi connectivity index (χ0v) is 10.6. The third-order valence-corrected chi connectivity index (χ3v) is 2.52. The Morgan fingerprint density at radius 1 is 1.25 bits per heavy atom. The summed E-state index contributed by atoms with van der Waals surface area (Å²) in [5, 5.41) is 3.14. The van der Waals surface area contributed by atoms with Crippen molar-refractivity contribution < 1.29 is 9.47 Å². The first-order valence-electron chi connectivity index (χ1n) is 5.67. The van der Waals surface area contributed by atoms with E-state index in [1.807, 2.05) is 27.0 Å². The molecule has 0 saturated carbocycles. The molecule has 0 spiro atoms. The zero-order valence-electron chi connectivity index (χ0n) is 10.6. The normalized spacial score (nSPS) is 10.2. The summed E-state index contributed by atoms with van der Waals surface area (Å²) >= 11 is 0. The summed E-state index contributed by atoms with van der Waals surface area (Å²) in [4.78, 5) is 0. The minimum absolute atomic E-state index is 0.693. The minimum atomic E-state index is 0.693. The maximum atomic E-state index is 5.58. The number of benzene rings is 1. The molecule has 0 radical (unpaired) electrons. The fourth-order valence-corrected chi connectivity index (χ4v) is 1.66. The lowest BCUT2D eigenvalue weighted by atomic mass is 10.1. The highest BCUT2D eigenvalue weighted by atomic mass is 16.5. The summed E-state index contributed by atoms with van der Waals surface area (Å²) < 4.78 is 11.0. The molecule has 0 aliphatic rings. The van der Waals surface area contributed by atoms with Crippen molar-refractivity contribution in [2.75, 3.05) is 27.3 Å². The number of aryl methyl sites for hydroxylation is 1. The predicted octanol–water partition coefficient (Wildman–Crippen LogP) is 2.16. The Balaban J connectivity index is 2.97. The first kappa shape index (κ1) is 12.8. The molecule has 0 amide bonds. The van der Waals surface area contributed by atoms with Gasteiger partial charge in [0.05, 0.1) is 13.7 Å². The maximum absolute atomic E-state index is 5.58. The molecule has 0 atom stereocenters. The summed E-state index contributed by atoms with van der Waals surface area (Å²) in [5.41, 5.74) is 2.30. The highest BCUT2D eigenvalue weighted by Crippen LogP contribution is 2.28. The van der Waals surface area contributed by atoms with Gasteiger partial charge >= 0.3 is 0 Å². The van der Waals surface area contributed by atoms with Crippen LogP contribution < -0.4 is 14.8 Å². The van der Waals surface area contributed by atoms with Gasteiger partial charge in [-0.05, 0) is 57.1 Å². The number of rotatable bonds is 6. The van der Waals surface area contributed by atoms with E-state index in [0.717, 1.165) is 30.0 Å². The van der Waals surface area contributed by atoms with E-state index >= 15 is 0 Å². The van der Waals surface area contributed by atoms with Crippen LogP contribution in [0.2, 0.25) is 0 Å². The molecule has 1 N–H and O–H groups in total. The van der Waals surface area contributed by atoms with Gasteiger partial charge in [-0.1, -0.05) is 0 Å². The molecular formula is C13H21NO2. The van der Waals surface area contributed by atoms with Gasteiger partial charge in [0.1, 0.15) is 11.5 Å². The second kappa shape index (κ2) is 6.38. The molecule has 0 aliphatic heterocycles. The van der Waals surface area contributed by atoms with Crippen LogP contribution in [0.25, 0.3) is 0 Å². The lowest BCUT2D eigenvalue weighted by Crippen LogP contribution is -2.11. The van der Waals surface area contributed by atoms with Crippen molar-refractivity contribution in [1.29, 1.82) is 0 Å². The van der Waals surface area contributed by atoms with Crippen molar-refractivity contribution in [2.24, 2.45) is 0 Å². The van der Waals surface area contributed by atoms with Crippen LogP contribution in [0.15, 0.2) is 12.1 Å². The molecule has 16 heavy (non-hydrogen) atoms. The summed E-state index contributed by atoms with van der Waals surface area (Å²) in [6.45, 7) is 5.66. The highest BCUT2D eigenvalue weighted by Gasteiger charge is 2.08. The quantitative estimate of drug-likeness (QED) is 0.801. The number of hydrogen-bond acceptors (Lipinski definition) is 3. The van der Waals surface area contributed by atoms with Gasteiger partial charge in [0.15, 0.2) is 0 Å². The van der Waals surface area contributed by atoms with E-state index in [9.17, 15) is 0 Å². The van der Waals surface area contributed by atoms with Gasteiger partial charge in [0.25, 0.3) is 0 Å². The molecule has 1 aromatic rings. The lowest BCUT2D eigenvalue weighted by Gasteiger charge is -2.13. The molecule has 0 fully saturated rings. The molecule has 0 unspecified atom stereocenters. The maximum Gasteiger partial charge on any atom is 0.122 e. The third kappa shape index (κ3) is 3.14. The minimum Gasteiger partial charge on any atom is -0.496 e. The van der Waals surface area contributed by atoms with Crippen molar-refractivity contribution in [1.82, 2.24) is 5.32 Å². The molecule has 0 heterocycles. The van der Waals surface area contributed by atoms with Crippen LogP contribution in [-0.2, 0) is 6.42 Å². The van der Waals surface area contributed by atoms with Crippen LogP contribution in [0.3, 0.4) is 0 Å². The van der Waals surface area contributed by atoms with E-state index in [2.05, 4.69) is 11.4 Å². The summed E-state index contributed by atoms with van der Waals surface area (Å²) in [5.74, 6) is 1.89. The monoisotopic (exact) mass is 223 g/mol. The van der Waals surface area contributed by atoms with Gasteiger partial charge in [-0.3, -0.25) is 0 Å². The van der Waals surface area contributed by atoms with Crippen LogP contribution in [0.4, 0.5) is 0 Å². The Labute approximate surface area is 97.8 Å². The molecule has 3 heteroatoms. The van der Waals surface area contributed by atoms with Crippen molar-refractivity contribution >= 4 is 0 Å². The number of nitrogens with one attached hydrogen (secondary N) is 1. The topological polar surface area (TPSA) is 30.5 Å². The molecule has 0 aromatic heterocycles. The Kier molecular flexibility index (Phi) is 5.12. The lowest BCUT2D eigenvalue weighted by molar-refractivity contribution is 0.335. The van der Waals surface area contributed by atoms with E-state index in [4.69, 9.17) is 9.47 Å². The number of hydrogen-bond donors (Lipinski definition) is 1. The molecule has 0 aliphatic carbocycles. The summed E-state index contributed by atoms with van der Waals surface area (Å²) in [6, 6.07) is 4.12. The van der Waals surface area contributed by atoms with E-state index in [-0.39, 0.29) is 0 Å². The predicted molar refractivity (Wildman–Crippen MR) is 66.5 cm³/mol. The Hall–Kier alpha value is -1.22. The molecule has 1 aromatic carbocycles. The largest absolute Gasteiger partial charge is 0.496 e. The summed E-state index contributed by atoms with van der Waals surface area (Å²) in [6.07, 6.45) is 0.944. The van der Waals surface area contributed by atoms with Gasteiger partial charge < -0.3 is 14.8 Å². The standard InChI is InChI=1S/C13H21NO2/c1-5-16-12-9-11(6-7-14-3)13(15-4)8-10(12)2/h8-9,14H,5-7H2,1-4H3. The van der Waals surface area contributed by atoms with Gasteiger partial charge in [0.2, 0.25) is 0 Å². The van der Waals surface area contributed by atoms with E-state index in [1.54, 1.807) is 7.11 Å². The molecule has 0 bridgehead atoms. The average Bonchev–Trinajstić information content (AvgIpc) is 2.29. The first-order valence-corrected chi connectivity index (χ1v) is 5.67. The van der Waals surface area contributed by atoms with E-state index < -0.39 is 0 Å². The number of ether oxygens (including phenoxy) is 2. The van der Waals surface area contributed by atoms with Gasteiger partial charge in [-0.2, -0.15) is 0 Å². The SMILES string of the molecule is CCOc1cc(CCNC)c(OC)cc1C. The van der Waals surface area contributed by atoms with Crippen LogP contribution in [0, 0.1) is 6.92 Å². The Morgan fingerprint density at radius 3 is 2.56 bits per heavy atom. The molecule has 0 saturated heterocycles. The second-order valence-electron chi connectivity index (χ2n) is 3.72. The Morgan fingerprint density at radius 2 is 2.00 bits per heavy atom. The van der Waals surface area contributed by atoms with E-state index in [1.165, 1.54) is 5.56 Å². The van der Waals surface area contributed by atoms with Crippen molar-refractivity contribution in [3.8, 4) is 11.5 Å². The molecule has 90 valence electrons. The summed E-state index contributed by atoms with van der Waals surface area (Å²) in [7, 11) is 3.65. The van der Waals surface area contributed by atoms with E-state index in [0.29, 0.717) is 6.61 Å². The fraction of sp³-hybridized carbons (Fsp3) is 0.538. The van der Waals surface area contributed by atoms with Crippen molar-refractivity contribution in [3.05, 3.63) is 23.3 Å². The van der Waals surface area contributed by atoms with Crippen molar-refractivity contribution in [2.45, 2.75) is 20.3 Å².